The van der Waals surface area contributed by atoms with Crippen LogP contribution in [0.15, 0.2) is 0 Å². The molecule has 0 rings (SSSR count). The predicted molar refractivity (Wildman–Crippen MR) is 65.8 cm³/mol. The summed E-state index contributed by atoms with van der Waals surface area (Å²) in [5.41, 5.74) is -0.573. The molecule has 5 nitrogen and oxygen atoms in total. The highest BCUT2D eigenvalue weighted by atomic mass is 16.6. The quantitative estimate of drug-likeness (QED) is 0.686. The molecule has 0 fully saturated rings. The van der Waals surface area contributed by atoms with Gasteiger partial charge in [-0.3, -0.25) is 0 Å². The molecule has 0 heterocycles. The molecule has 0 aromatic heterocycles. The van der Waals surface area contributed by atoms with Crippen molar-refractivity contribution in [2.75, 3.05) is 0 Å². The molecule has 17 heavy (non-hydrogen) atoms. The number of nitrogens with one attached hydrogen (secondary N) is 1. The minimum absolute atomic E-state index is 0.491. The van der Waals surface area contributed by atoms with Crippen LogP contribution in [-0.4, -0.2) is 40.2 Å². The smallest absolute Gasteiger partial charge is 0.407 e. The molecule has 1 amide bonds. The number of aliphatic hydroxyl groups is 2. The van der Waals surface area contributed by atoms with E-state index in [9.17, 15) is 15.0 Å². The highest BCUT2D eigenvalue weighted by Gasteiger charge is 2.26. The molecule has 2 unspecified atom stereocenters. The van der Waals surface area contributed by atoms with Gasteiger partial charge in [0.25, 0.3) is 0 Å². The molecule has 0 aromatic carbocycles. The van der Waals surface area contributed by atoms with Crippen molar-refractivity contribution in [3.8, 4) is 0 Å². The molecule has 3 atom stereocenters. The molecule has 102 valence electrons. The minimum atomic E-state index is -0.984. The van der Waals surface area contributed by atoms with Crippen LogP contribution in [0.3, 0.4) is 0 Å². The second-order valence-corrected chi connectivity index (χ2v) is 5.27. The van der Waals surface area contributed by atoms with Crippen molar-refractivity contribution in [1.82, 2.24) is 5.32 Å². The lowest BCUT2D eigenvalue weighted by Crippen LogP contribution is -2.49. The molecule has 5 heteroatoms. The highest BCUT2D eigenvalue weighted by molar-refractivity contribution is 5.68. The summed E-state index contributed by atoms with van der Waals surface area (Å²) in [7, 11) is 0. The molecule has 0 radical (unpaired) electrons. The van der Waals surface area contributed by atoms with Crippen LogP contribution >= 0.6 is 0 Å². The topological polar surface area (TPSA) is 78.8 Å². The van der Waals surface area contributed by atoms with Gasteiger partial charge in [-0.1, -0.05) is 13.3 Å². The number of carbonyl (C=O) groups excluding carboxylic acids is 1. The molecule has 0 spiro atoms. The Labute approximate surface area is 103 Å². The average Bonchev–Trinajstić information content (AvgIpc) is 2.12. The number of rotatable bonds is 5. The fourth-order valence-corrected chi connectivity index (χ4v) is 1.43. The third-order valence-corrected chi connectivity index (χ3v) is 2.21. The Bertz CT molecular complexity index is 235. The maximum absolute atomic E-state index is 11.5. The van der Waals surface area contributed by atoms with E-state index in [-0.39, 0.29) is 0 Å². The third-order valence-electron chi connectivity index (χ3n) is 2.21. The Morgan fingerprint density at radius 3 is 2.24 bits per heavy atom. The fraction of sp³-hybridized carbons (Fsp3) is 0.917. The number of aliphatic hydroxyl groups excluding tert-OH is 2. The number of ether oxygens (including phenoxy) is 1. The van der Waals surface area contributed by atoms with Gasteiger partial charge in [-0.15, -0.1) is 0 Å². The van der Waals surface area contributed by atoms with Gasteiger partial charge >= 0.3 is 6.09 Å². The van der Waals surface area contributed by atoms with Gasteiger partial charge in [0, 0.05) is 0 Å². The lowest BCUT2D eigenvalue weighted by molar-refractivity contribution is -0.00222. The summed E-state index contributed by atoms with van der Waals surface area (Å²) in [6, 6.07) is -0.491. The van der Waals surface area contributed by atoms with E-state index in [1.165, 1.54) is 6.92 Å². The minimum Gasteiger partial charge on any atom is -0.444 e. The summed E-state index contributed by atoms with van der Waals surface area (Å²) in [5, 5.41) is 21.6. The standard InChI is InChI=1S/C12H25NO4/c1-6-7-9(10(15)8(2)14)13-11(16)17-12(3,4)5/h8-10,14-15H,6-7H2,1-5H3,(H,13,16)/t8-,9?,10?/m1/s1. The van der Waals surface area contributed by atoms with Crippen molar-refractivity contribution in [1.29, 1.82) is 0 Å². The van der Waals surface area contributed by atoms with Crippen LogP contribution in [0.5, 0.6) is 0 Å². The Balaban J connectivity index is 4.39. The summed E-state index contributed by atoms with van der Waals surface area (Å²) >= 11 is 0. The first-order valence-electron chi connectivity index (χ1n) is 6.03. The van der Waals surface area contributed by atoms with E-state index in [2.05, 4.69) is 5.32 Å². The summed E-state index contributed by atoms with van der Waals surface area (Å²) in [6.07, 6.45) is -1.06. The lowest BCUT2D eigenvalue weighted by Gasteiger charge is -2.27. The molecule has 0 bridgehead atoms. The molecule has 0 saturated heterocycles. The number of hydrogen-bond donors (Lipinski definition) is 3. The summed E-state index contributed by atoms with van der Waals surface area (Å²) in [6.45, 7) is 8.74. The third kappa shape index (κ3) is 7.18. The van der Waals surface area contributed by atoms with Crippen LogP contribution in [0.4, 0.5) is 4.79 Å². The monoisotopic (exact) mass is 247 g/mol. The Hall–Kier alpha value is -0.810. The molecule has 0 aromatic rings. The molecule has 0 saturated carbocycles. The predicted octanol–water partition coefficient (Wildman–Crippen LogP) is 1.42. The largest absolute Gasteiger partial charge is 0.444 e. The number of hydrogen-bond acceptors (Lipinski definition) is 4. The highest BCUT2D eigenvalue weighted by Crippen LogP contribution is 2.10. The van der Waals surface area contributed by atoms with Crippen LogP contribution in [-0.2, 0) is 4.74 Å². The lowest BCUT2D eigenvalue weighted by atomic mass is 10.0. The van der Waals surface area contributed by atoms with Gasteiger partial charge in [0.1, 0.15) is 5.60 Å². The van der Waals surface area contributed by atoms with Gasteiger partial charge in [-0.25, -0.2) is 4.79 Å². The van der Waals surface area contributed by atoms with Gasteiger partial charge in [0.05, 0.1) is 18.2 Å². The van der Waals surface area contributed by atoms with Crippen molar-refractivity contribution in [3.05, 3.63) is 0 Å². The van der Waals surface area contributed by atoms with E-state index < -0.39 is 29.9 Å². The Morgan fingerprint density at radius 1 is 1.35 bits per heavy atom. The van der Waals surface area contributed by atoms with Crippen LogP contribution in [0.25, 0.3) is 0 Å². The Morgan fingerprint density at radius 2 is 1.88 bits per heavy atom. The SMILES string of the molecule is CCCC(NC(=O)OC(C)(C)C)C(O)[C@@H](C)O. The zero-order chi connectivity index (χ0) is 13.6. The zero-order valence-electron chi connectivity index (χ0n) is 11.4. The number of alkyl carbamates (subject to hydrolysis) is 1. The van der Waals surface area contributed by atoms with E-state index in [0.717, 1.165) is 6.42 Å². The van der Waals surface area contributed by atoms with Crippen molar-refractivity contribution < 1.29 is 19.7 Å². The zero-order valence-corrected chi connectivity index (χ0v) is 11.4. The van der Waals surface area contributed by atoms with E-state index in [0.29, 0.717) is 6.42 Å². The number of carbonyl (C=O) groups is 1. The number of amides is 1. The first-order valence-corrected chi connectivity index (χ1v) is 6.03. The van der Waals surface area contributed by atoms with Gasteiger partial charge < -0.3 is 20.3 Å². The Kier molecular flexibility index (Phi) is 6.49. The molecular formula is C12H25NO4. The second-order valence-electron chi connectivity index (χ2n) is 5.27. The first kappa shape index (κ1) is 16.2. The van der Waals surface area contributed by atoms with Crippen LogP contribution in [0.2, 0.25) is 0 Å². The van der Waals surface area contributed by atoms with Crippen molar-refractivity contribution in [3.63, 3.8) is 0 Å². The maximum atomic E-state index is 11.5. The molecule has 0 aliphatic carbocycles. The summed E-state index contributed by atoms with van der Waals surface area (Å²) in [5.74, 6) is 0. The maximum Gasteiger partial charge on any atom is 0.407 e. The molecule has 0 aliphatic heterocycles. The van der Waals surface area contributed by atoms with Gasteiger partial charge in [0.15, 0.2) is 0 Å². The molecule has 0 aliphatic rings. The molecule has 3 N–H and O–H groups in total. The summed E-state index contributed by atoms with van der Waals surface area (Å²) in [4.78, 5) is 11.5. The van der Waals surface area contributed by atoms with E-state index in [1.807, 2.05) is 6.92 Å². The van der Waals surface area contributed by atoms with Crippen molar-refractivity contribution >= 4 is 6.09 Å². The van der Waals surface area contributed by atoms with Crippen molar-refractivity contribution in [2.45, 2.75) is 71.3 Å². The van der Waals surface area contributed by atoms with Crippen LogP contribution < -0.4 is 5.32 Å². The fourth-order valence-electron chi connectivity index (χ4n) is 1.43. The van der Waals surface area contributed by atoms with Gasteiger partial charge in [0.2, 0.25) is 0 Å². The average molecular weight is 247 g/mol. The summed E-state index contributed by atoms with van der Waals surface area (Å²) < 4.78 is 5.10. The van der Waals surface area contributed by atoms with Gasteiger partial charge in [-0.2, -0.15) is 0 Å². The van der Waals surface area contributed by atoms with Crippen LogP contribution in [0.1, 0.15) is 47.5 Å². The van der Waals surface area contributed by atoms with E-state index in [1.54, 1.807) is 20.8 Å². The van der Waals surface area contributed by atoms with E-state index in [4.69, 9.17) is 4.74 Å². The van der Waals surface area contributed by atoms with Gasteiger partial charge in [-0.05, 0) is 34.1 Å². The molecular weight excluding hydrogens is 222 g/mol. The second kappa shape index (κ2) is 6.81. The first-order chi connectivity index (χ1) is 7.67. The van der Waals surface area contributed by atoms with Crippen LogP contribution in [0, 0.1) is 0 Å². The van der Waals surface area contributed by atoms with Crippen molar-refractivity contribution in [2.24, 2.45) is 0 Å². The van der Waals surface area contributed by atoms with E-state index >= 15 is 0 Å². The normalized spacial score (nSPS) is 17.1.